The molecule has 8 nitrogen and oxygen atoms in total. The number of hydroxylamine groups is 2. The van der Waals surface area contributed by atoms with Gasteiger partial charge in [0.15, 0.2) is 0 Å². The summed E-state index contributed by atoms with van der Waals surface area (Å²) >= 11 is 0. The topological polar surface area (TPSA) is 126 Å². The van der Waals surface area contributed by atoms with Crippen LogP contribution < -0.4 is 32.1 Å². The van der Waals surface area contributed by atoms with Crippen LogP contribution in [-0.2, 0) is 26.7 Å². The van der Waals surface area contributed by atoms with Gasteiger partial charge < -0.3 is 10.7 Å². The Labute approximate surface area is 151 Å². The summed E-state index contributed by atoms with van der Waals surface area (Å²) < 4.78 is 0. The number of carbonyl (C=O) groups excluding carboxylic acids is 2. The third kappa shape index (κ3) is 3.49. The number of rotatable bonds is 2. The van der Waals surface area contributed by atoms with Crippen LogP contribution in [0, 0.1) is 5.21 Å². The third-order valence-corrected chi connectivity index (χ3v) is 3.43. The van der Waals surface area contributed by atoms with E-state index in [1.54, 1.807) is 54.0 Å². The maximum Gasteiger partial charge on any atom is 2.00 e. The molecule has 2 aromatic rings. The molecule has 0 saturated carbocycles. The average Bonchev–Trinajstić information content (AvgIpc) is 3.09. The van der Waals surface area contributed by atoms with Crippen molar-refractivity contribution < 1.29 is 31.9 Å². The SMILES string of the molecule is O=C1N=c2ccccc2=C1NO.O=C1N=c2ccccc2=C1N[O-].[Cu+2]. The van der Waals surface area contributed by atoms with Gasteiger partial charge in [-0.2, -0.15) is 0 Å². The maximum absolute atomic E-state index is 11.0. The molecule has 0 saturated heterocycles. The van der Waals surface area contributed by atoms with Crippen LogP contribution in [0.4, 0.5) is 0 Å². The zero-order valence-corrected chi connectivity index (χ0v) is 13.4. The first kappa shape index (κ1) is 18.5. The first-order valence-electron chi connectivity index (χ1n) is 6.89. The molecule has 0 unspecified atom stereocenters. The number of fused-ring (bicyclic) bond motifs is 2. The van der Waals surface area contributed by atoms with Gasteiger partial charge in [0, 0.05) is 10.4 Å². The predicted molar refractivity (Wildman–Crippen MR) is 82.7 cm³/mol. The van der Waals surface area contributed by atoms with Crippen LogP contribution in [0.25, 0.3) is 11.4 Å². The van der Waals surface area contributed by atoms with Gasteiger partial charge in [0.1, 0.15) is 11.4 Å². The fourth-order valence-electron chi connectivity index (χ4n) is 2.33. The van der Waals surface area contributed by atoms with E-state index in [1.165, 1.54) is 0 Å². The summed E-state index contributed by atoms with van der Waals surface area (Å²) in [6, 6.07) is 13.9. The van der Waals surface area contributed by atoms with E-state index in [1.807, 2.05) is 5.48 Å². The van der Waals surface area contributed by atoms with E-state index in [4.69, 9.17) is 5.21 Å². The van der Waals surface area contributed by atoms with Crippen molar-refractivity contribution in [1.82, 2.24) is 11.0 Å². The van der Waals surface area contributed by atoms with Gasteiger partial charge in [-0.05, 0) is 12.1 Å². The molecule has 2 heterocycles. The number of amides is 2. The molecule has 25 heavy (non-hydrogen) atoms. The van der Waals surface area contributed by atoms with Crippen molar-refractivity contribution in [2.75, 3.05) is 0 Å². The number of nitrogens with one attached hydrogen (secondary N) is 2. The molecule has 0 spiro atoms. The molecule has 129 valence electrons. The van der Waals surface area contributed by atoms with Crippen LogP contribution in [0.5, 0.6) is 0 Å². The molecule has 2 aliphatic heterocycles. The minimum atomic E-state index is -0.494. The molecule has 4 rings (SSSR count). The van der Waals surface area contributed by atoms with E-state index in [0.29, 0.717) is 21.2 Å². The smallest absolute Gasteiger partial charge is 0.761 e. The first-order chi connectivity index (χ1) is 11.7. The summed E-state index contributed by atoms with van der Waals surface area (Å²) in [7, 11) is 0. The van der Waals surface area contributed by atoms with E-state index in [9.17, 15) is 14.8 Å². The molecule has 2 aliphatic rings. The van der Waals surface area contributed by atoms with Crippen LogP contribution in [0.1, 0.15) is 0 Å². The normalized spacial score (nSPS) is 13.5. The van der Waals surface area contributed by atoms with Crippen LogP contribution >= 0.6 is 0 Å². The predicted octanol–water partition coefficient (Wildman–Crippen LogP) is -2.03. The van der Waals surface area contributed by atoms with Crippen molar-refractivity contribution in [2.45, 2.75) is 0 Å². The largest absolute Gasteiger partial charge is 2.00 e. The quantitative estimate of drug-likeness (QED) is 0.404. The number of hydrogen-bond acceptors (Lipinski definition) is 6. The van der Waals surface area contributed by atoms with E-state index in [2.05, 4.69) is 9.98 Å². The van der Waals surface area contributed by atoms with Crippen LogP contribution in [0.3, 0.4) is 0 Å². The molecular weight excluding hydrogens is 376 g/mol. The van der Waals surface area contributed by atoms with Crippen molar-refractivity contribution in [3.63, 3.8) is 0 Å². The molecule has 9 heteroatoms. The van der Waals surface area contributed by atoms with Crippen LogP contribution in [0.15, 0.2) is 58.5 Å². The monoisotopic (exact) mass is 386 g/mol. The fourth-order valence-corrected chi connectivity index (χ4v) is 2.33. The number of benzene rings is 2. The van der Waals surface area contributed by atoms with Gasteiger partial charge in [-0.15, -0.1) is 0 Å². The summed E-state index contributed by atoms with van der Waals surface area (Å²) in [4.78, 5) is 29.4. The number of hydrogen-bond donors (Lipinski definition) is 3. The summed E-state index contributed by atoms with van der Waals surface area (Å²) in [5, 5.41) is 21.3. The Morgan fingerprint density at radius 2 is 1.24 bits per heavy atom. The van der Waals surface area contributed by atoms with Gasteiger partial charge >= 0.3 is 17.1 Å². The van der Waals surface area contributed by atoms with E-state index in [-0.39, 0.29) is 28.5 Å². The summed E-state index contributed by atoms with van der Waals surface area (Å²) in [5.41, 5.74) is 3.61. The van der Waals surface area contributed by atoms with Crippen LogP contribution in [-0.4, -0.2) is 17.0 Å². The van der Waals surface area contributed by atoms with Crippen LogP contribution in [0.2, 0.25) is 0 Å². The molecule has 3 N–H and O–H groups in total. The molecule has 0 aromatic heterocycles. The van der Waals surface area contributed by atoms with Gasteiger partial charge in [-0.25, -0.2) is 9.98 Å². The van der Waals surface area contributed by atoms with Crippen molar-refractivity contribution in [2.24, 2.45) is 9.98 Å². The van der Waals surface area contributed by atoms with Gasteiger partial charge in [-0.1, -0.05) is 36.4 Å². The van der Waals surface area contributed by atoms with Gasteiger partial charge in [0.2, 0.25) is 0 Å². The maximum atomic E-state index is 11.0. The molecule has 2 aromatic carbocycles. The Balaban J connectivity index is 0.000000173. The third-order valence-electron chi connectivity index (χ3n) is 3.43. The molecule has 0 atom stereocenters. The summed E-state index contributed by atoms with van der Waals surface area (Å²) in [5.74, 6) is -0.926. The van der Waals surface area contributed by atoms with Crippen molar-refractivity contribution in [1.29, 1.82) is 0 Å². The zero-order chi connectivity index (χ0) is 17.1. The first-order valence-corrected chi connectivity index (χ1v) is 6.89. The molecule has 0 bridgehead atoms. The number of nitrogens with zero attached hydrogens (tertiary/aromatic N) is 2. The molecule has 1 radical (unpaired) electrons. The van der Waals surface area contributed by atoms with E-state index < -0.39 is 11.8 Å². The molecule has 0 aliphatic carbocycles. The number of para-hydroxylation sites is 2. The molecular formula is C16H11CuN4O4+. The fraction of sp³-hybridized carbons (Fsp3) is 0. The standard InChI is InChI=1S/C8H6N2O2.C8H5N2O2.Cu/c2*11-8-7(10-12)5-3-1-2-4-6(5)9-8;/h1-4,12H,(H,9,10,11);1-4H,(H-,9,10,11,12);/q;-1;+2. The Kier molecular flexibility index (Phi) is 5.79. The Morgan fingerprint density at radius 1 is 0.800 bits per heavy atom. The van der Waals surface area contributed by atoms with Gasteiger partial charge in [-0.3, -0.25) is 20.3 Å². The second kappa shape index (κ2) is 7.82. The van der Waals surface area contributed by atoms with E-state index in [0.717, 1.165) is 0 Å². The second-order valence-electron chi connectivity index (χ2n) is 4.83. The van der Waals surface area contributed by atoms with Crippen molar-refractivity contribution in [3.05, 3.63) is 74.9 Å². The minimum absolute atomic E-state index is 0. The molecule has 2 amide bonds. The average molecular weight is 387 g/mol. The van der Waals surface area contributed by atoms with Gasteiger partial charge in [0.25, 0.3) is 11.8 Å². The number of carbonyl (C=O) groups is 2. The summed E-state index contributed by atoms with van der Waals surface area (Å²) in [6.45, 7) is 0. The molecule has 0 fully saturated rings. The summed E-state index contributed by atoms with van der Waals surface area (Å²) in [6.07, 6.45) is 0. The second-order valence-corrected chi connectivity index (χ2v) is 4.83. The Hall–Kier alpha value is -2.84. The van der Waals surface area contributed by atoms with Crippen molar-refractivity contribution >= 4 is 23.2 Å². The zero-order valence-electron chi connectivity index (χ0n) is 12.5. The minimum Gasteiger partial charge on any atom is -0.761 e. The Bertz CT molecular complexity index is 994. The van der Waals surface area contributed by atoms with Gasteiger partial charge in [0.05, 0.1) is 10.7 Å². The Morgan fingerprint density at radius 3 is 1.72 bits per heavy atom. The van der Waals surface area contributed by atoms with E-state index >= 15 is 0 Å². The van der Waals surface area contributed by atoms with Crippen molar-refractivity contribution in [3.8, 4) is 0 Å².